The van der Waals surface area contributed by atoms with E-state index < -0.39 is 0 Å². The summed E-state index contributed by atoms with van der Waals surface area (Å²) >= 11 is 0.370. The summed E-state index contributed by atoms with van der Waals surface area (Å²) in [5.41, 5.74) is 5.87. The summed E-state index contributed by atoms with van der Waals surface area (Å²) in [5.74, 6) is 0. The van der Waals surface area contributed by atoms with Crippen LogP contribution in [0, 0.1) is 13.8 Å². The van der Waals surface area contributed by atoms with Crippen molar-refractivity contribution in [3.05, 3.63) is 53.6 Å². The van der Waals surface area contributed by atoms with Gasteiger partial charge in [-0.3, -0.25) is 0 Å². The molecule has 0 aliphatic rings. The Bertz CT molecular complexity index is 836. The fourth-order valence-electron chi connectivity index (χ4n) is 3.44. The SMILES string of the molecule is CCCCn1c([Se][Te]c2c(C)cccc2C)[n+](CCCC)c2ccccc21. The van der Waals surface area contributed by atoms with Crippen molar-refractivity contribution in [2.45, 2.75) is 66.5 Å². The Hall–Kier alpha value is -0.781. The maximum absolute atomic E-state index is 2.66. The molecule has 0 radical (unpaired) electrons. The number of nitrogens with zero attached hydrogens (tertiary/aromatic N) is 2. The van der Waals surface area contributed by atoms with Gasteiger partial charge in [0.2, 0.25) is 0 Å². The van der Waals surface area contributed by atoms with Crippen LogP contribution >= 0.6 is 0 Å². The van der Waals surface area contributed by atoms with Crippen LogP contribution in [-0.2, 0) is 13.1 Å². The van der Waals surface area contributed by atoms with Crippen molar-refractivity contribution in [1.29, 1.82) is 0 Å². The van der Waals surface area contributed by atoms with Crippen LogP contribution in [0.25, 0.3) is 11.0 Å². The van der Waals surface area contributed by atoms with E-state index in [4.69, 9.17) is 0 Å². The molecule has 0 atom stereocenters. The van der Waals surface area contributed by atoms with Crippen molar-refractivity contribution in [3.8, 4) is 0 Å². The van der Waals surface area contributed by atoms with Crippen molar-refractivity contribution in [1.82, 2.24) is 4.57 Å². The number of aromatic nitrogens is 2. The first-order valence-electron chi connectivity index (χ1n) is 10.1. The van der Waals surface area contributed by atoms with Crippen molar-refractivity contribution >= 4 is 49.8 Å². The van der Waals surface area contributed by atoms with Gasteiger partial charge < -0.3 is 0 Å². The van der Waals surface area contributed by atoms with Gasteiger partial charge in [-0.2, -0.15) is 0 Å². The number of fused-ring (bicyclic) bond motifs is 1. The molecule has 144 valence electrons. The Balaban J connectivity index is 2.02. The van der Waals surface area contributed by atoms with Crippen LogP contribution in [0.15, 0.2) is 42.5 Å². The Labute approximate surface area is 178 Å². The number of hydrogen-bond acceptors (Lipinski definition) is 0. The van der Waals surface area contributed by atoms with Crippen LogP contribution in [0.1, 0.15) is 50.7 Å². The molecule has 0 saturated carbocycles. The van der Waals surface area contributed by atoms with Gasteiger partial charge in [-0.25, -0.2) is 0 Å². The first-order valence-corrected chi connectivity index (χ1v) is 17.8. The standard InChI is InChI=1S/C23H31N2SeTe/c1-5-7-16-24-20-14-9-10-15-21(20)25(17-8-6-2)23(24)26-27-22-18(3)12-11-13-19(22)4/h9-15H,5-8,16-17H2,1-4H3/q+1. The van der Waals surface area contributed by atoms with Gasteiger partial charge >= 0.3 is 179 Å². The van der Waals surface area contributed by atoms with Crippen LogP contribution < -0.4 is 12.9 Å². The van der Waals surface area contributed by atoms with Gasteiger partial charge in [0.25, 0.3) is 0 Å². The molecule has 3 rings (SSSR count). The van der Waals surface area contributed by atoms with E-state index in [9.17, 15) is 0 Å². The zero-order chi connectivity index (χ0) is 19.2. The molecule has 0 amide bonds. The molecule has 3 aromatic rings. The molecular weight excluding hydrogens is 511 g/mol. The number of imidazole rings is 1. The summed E-state index contributed by atoms with van der Waals surface area (Å²) in [7, 11) is 0. The summed E-state index contributed by atoms with van der Waals surface area (Å²) in [6, 6.07) is 15.8. The van der Waals surface area contributed by atoms with Crippen molar-refractivity contribution in [3.63, 3.8) is 0 Å². The third-order valence-corrected chi connectivity index (χ3v) is 14.5. The normalized spacial score (nSPS) is 11.4. The van der Waals surface area contributed by atoms with Crippen molar-refractivity contribution in [2.75, 3.05) is 0 Å². The molecule has 2 aromatic carbocycles. The summed E-state index contributed by atoms with van der Waals surface area (Å²) in [6.45, 7) is 11.5. The zero-order valence-corrected chi connectivity index (χ0v) is 21.0. The second-order valence-corrected chi connectivity index (χ2v) is 14.7. The van der Waals surface area contributed by atoms with Crippen LogP contribution in [0.4, 0.5) is 0 Å². The first-order chi connectivity index (χ1) is 13.2. The fourth-order valence-corrected chi connectivity index (χ4v) is 14.8. The summed E-state index contributed by atoms with van der Waals surface area (Å²) in [4.78, 5) is 0. The average molecular weight is 542 g/mol. The molecule has 27 heavy (non-hydrogen) atoms. The molecule has 0 unspecified atom stereocenters. The molecule has 1 heterocycles. The van der Waals surface area contributed by atoms with E-state index >= 15 is 0 Å². The summed E-state index contributed by atoms with van der Waals surface area (Å²) in [5, 5.41) is 0. The van der Waals surface area contributed by atoms with Gasteiger partial charge in [0.1, 0.15) is 0 Å². The average Bonchev–Trinajstić information content (AvgIpc) is 2.97. The number of rotatable bonds is 9. The molecule has 0 aliphatic heterocycles. The minimum atomic E-state index is -0.188. The van der Waals surface area contributed by atoms with Crippen molar-refractivity contribution < 1.29 is 4.57 Å². The number of benzene rings is 2. The first kappa shape index (κ1) is 20.9. The third kappa shape index (κ3) is 4.80. The van der Waals surface area contributed by atoms with E-state index in [0.717, 1.165) is 13.1 Å². The zero-order valence-electron chi connectivity index (χ0n) is 17.0. The van der Waals surface area contributed by atoms with E-state index in [1.807, 2.05) is 0 Å². The number of unbranched alkanes of at least 4 members (excludes halogenated alkanes) is 2. The van der Waals surface area contributed by atoms with Gasteiger partial charge in [-0.15, -0.1) is 0 Å². The monoisotopic (exact) mass is 545 g/mol. The molecule has 1 aromatic heterocycles. The van der Waals surface area contributed by atoms with E-state index in [-0.39, 0.29) is 18.7 Å². The van der Waals surface area contributed by atoms with Crippen LogP contribution in [-0.4, -0.2) is 35.0 Å². The molecule has 0 spiro atoms. The molecule has 2 nitrogen and oxygen atoms in total. The molecule has 0 fully saturated rings. The van der Waals surface area contributed by atoms with E-state index in [0.29, 0.717) is 11.8 Å². The van der Waals surface area contributed by atoms with E-state index in [1.165, 1.54) is 47.8 Å². The Kier molecular flexibility index (Phi) is 7.85. The second kappa shape index (κ2) is 10.1. The second-order valence-electron chi connectivity index (χ2n) is 7.17. The predicted molar refractivity (Wildman–Crippen MR) is 119 cm³/mol. The summed E-state index contributed by atoms with van der Waals surface area (Å²) < 4.78 is 8.62. The minimum absolute atomic E-state index is 0.188. The molecule has 0 bridgehead atoms. The van der Waals surface area contributed by atoms with E-state index in [1.54, 1.807) is 8.33 Å². The van der Waals surface area contributed by atoms with Crippen LogP contribution in [0.2, 0.25) is 0 Å². The predicted octanol–water partition coefficient (Wildman–Crippen LogP) is 3.42. The van der Waals surface area contributed by atoms with Gasteiger partial charge in [-0.05, 0) is 0 Å². The molecule has 0 aliphatic carbocycles. The Morgan fingerprint density at radius 1 is 0.926 bits per heavy atom. The van der Waals surface area contributed by atoms with Crippen molar-refractivity contribution in [2.24, 2.45) is 0 Å². The number of aryl methyl sites for hydroxylation is 4. The van der Waals surface area contributed by atoms with Crippen LogP contribution in [0.5, 0.6) is 0 Å². The molecular formula is C23H31N2SeTe+. The maximum atomic E-state index is 2.66. The number of hydrogen-bond donors (Lipinski definition) is 0. The Morgan fingerprint density at radius 3 is 2.33 bits per heavy atom. The quantitative estimate of drug-likeness (QED) is 0.290. The van der Waals surface area contributed by atoms with Gasteiger partial charge in [0, 0.05) is 0 Å². The van der Waals surface area contributed by atoms with E-state index in [2.05, 4.69) is 79.3 Å². The van der Waals surface area contributed by atoms with Gasteiger partial charge in [-0.1, -0.05) is 0 Å². The summed E-state index contributed by atoms with van der Waals surface area (Å²) in [6.07, 6.45) is 5.03. The molecule has 4 heteroatoms. The van der Waals surface area contributed by atoms with Crippen LogP contribution in [0.3, 0.4) is 0 Å². The molecule has 0 saturated heterocycles. The van der Waals surface area contributed by atoms with Gasteiger partial charge in [0.15, 0.2) is 0 Å². The topological polar surface area (TPSA) is 8.81 Å². The Morgan fingerprint density at radius 2 is 1.63 bits per heavy atom. The number of para-hydroxylation sites is 2. The van der Waals surface area contributed by atoms with Gasteiger partial charge in [0.05, 0.1) is 0 Å². The molecule has 0 N–H and O–H groups in total. The fraction of sp³-hybridized carbons (Fsp3) is 0.435. The third-order valence-electron chi connectivity index (χ3n) is 5.00.